The van der Waals surface area contributed by atoms with Crippen LogP contribution in [0.2, 0.25) is 0 Å². The number of alkyl halides is 3. The number of fused-ring (bicyclic) bond motifs is 1. The lowest BCUT2D eigenvalue weighted by Gasteiger charge is -2.24. The summed E-state index contributed by atoms with van der Waals surface area (Å²) in [7, 11) is -2.78. The van der Waals surface area contributed by atoms with E-state index in [4.69, 9.17) is 9.47 Å². The number of nitrogens with zero attached hydrogens (tertiary/aromatic N) is 3. The van der Waals surface area contributed by atoms with Crippen molar-refractivity contribution in [2.75, 3.05) is 13.4 Å². The molecule has 0 spiro atoms. The van der Waals surface area contributed by atoms with Gasteiger partial charge in [-0.1, -0.05) is 0 Å². The smallest absolute Gasteiger partial charge is 0.425 e. The Morgan fingerprint density at radius 3 is 2.33 bits per heavy atom. The standard InChI is InChI=1S/C23H21F4N3O5S/c1-13(23(25,26)27)35-18-8-9-19(36(3,32)33)21(34-2)20(18)22(31)29-10-14-11-30(28-17(14)12-29)16-6-4-15(24)5-7-16/h4-9,11,13H,10,12H2,1-3H3. The van der Waals surface area contributed by atoms with Gasteiger partial charge in [-0.2, -0.15) is 18.3 Å². The van der Waals surface area contributed by atoms with Crippen LogP contribution in [-0.4, -0.2) is 54.7 Å². The molecule has 8 nitrogen and oxygen atoms in total. The second-order valence-electron chi connectivity index (χ2n) is 8.23. The number of methoxy groups -OCH3 is 1. The molecule has 1 unspecified atom stereocenters. The molecule has 3 aromatic rings. The molecule has 4 rings (SSSR count). The zero-order chi connectivity index (χ0) is 26.4. The van der Waals surface area contributed by atoms with Crippen molar-refractivity contribution in [3.8, 4) is 17.2 Å². The molecule has 0 aliphatic carbocycles. The summed E-state index contributed by atoms with van der Waals surface area (Å²) in [5.41, 5.74) is 1.35. The fourth-order valence-electron chi connectivity index (χ4n) is 3.78. The molecule has 1 atom stereocenters. The molecule has 13 heteroatoms. The van der Waals surface area contributed by atoms with Crippen molar-refractivity contribution in [3.63, 3.8) is 0 Å². The van der Waals surface area contributed by atoms with E-state index >= 15 is 0 Å². The third-order valence-electron chi connectivity index (χ3n) is 5.62. The van der Waals surface area contributed by atoms with Crippen LogP contribution < -0.4 is 9.47 Å². The van der Waals surface area contributed by atoms with Crippen LogP contribution in [0, 0.1) is 5.82 Å². The van der Waals surface area contributed by atoms with Crippen LogP contribution in [0.3, 0.4) is 0 Å². The number of halogens is 4. The van der Waals surface area contributed by atoms with Gasteiger partial charge in [0.1, 0.15) is 22.0 Å². The summed E-state index contributed by atoms with van der Waals surface area (Å²) in [6, 6.07) is 7.68. The summed E-state index contributed by atoms with van der Waals surface area (Å²) < 4.78 is 89.1. The number of carbonyl (C=O) groups excluding carboxylic acids is 1. The van der Waals surface area contributed by atoms with Gasteiger partial charge in [0.05, 0.1) is 25.0 Å². The van der Waals surface area contributed by atoms with Crippen LogP contribution in [0.1, 0.15) is 28.5 Å². The second-order valence-corrected chi connectivity index (χ2v) is 10.2. The predicted molar refractivity (Wildman–Crippen MR) is 119 cm³/mol. The topological polar surface area (TPSA) is 90.7 Å². The number of hydrogen-bond acceptors (Lipinski definition) is 6. The predicted octanol–water partition coefficient (Wildman–Crippen LogP) is 3.91. The van der Waals surface area contributed by atoms with Crippen LogP contribution in [-0.2, 0) is 22.9 Å². The normalized spacial score (nSPS) is 14.5. The van der Waals surface area contributed by atoms with Crippen molar-refractivity contribution in [1.29, 1.82) is 0 Å². The van der Waals surface area contributed by atoms with Gasteiger partial charge in [-0.25, -0.2) is 17.5 Å². The molecule has 192 valence electrons. The largest absolute Gasteiger partial charge is 0.494 e. The van der Waals surface area contributed by atoms with E-state index in [1.807, 2.05) is 0 Å². The first-order chi connectivity index (χ1) is 16.8. The maximum absolute atomic E-state index is 13.5. The van der Waals surface area contributed by atoms with E-state index in [-0.39, 0.29) is 18.0 Å². The highest BCUT2D eigenvalue weighted by atomic mass is 32.2. The number of amides is 1. The second kappa shape index (κ2) is 9.12. The Morgan fingerprint density at radius 1 is 1.11 bits per heavy atom. The Morgan fingerprint density at radius 2 is 1.78 bits per heavy atom. The average Bonchev–Trinajstić information content (AvgIpc) is 3.37. The maximum Gasteiger partial charge on any atom is 0.425 e. The first-order valence-corrected chi connectivity index (χ1v) is 12.5. The monoisotopic (exact) mass is 527 g/mol. The highest BCUT2D eigenvalue weighted by Crippen LogP contribution is 2.39. The Bertz CT molecular complexity index is 1400. The van der Waals surface area contributed by atoms with E-state index in [2.05, 4.69) is 5.10 Å². The minimum atomic E-state index is -4.73. The van der Waals surface area contributed by atoms with E-state index in [1.165, 1.54) is 33.8 Å². The molecule has 1 aromatic heterocycles. The van der Waals surface area contributed by atoms with Crippen LogP contribution in [0.5, 0.6) is 11.5 Å². The van der Waals surface area contributed by atoms with E-state index in [1.54, 1.807) is 6.20 Å². The Hall–Kier alpha value is -3.61. The molecular weight excluding hydrogens is 506 g/mol. The van der Waals surface area contributed by atoms with Crippen molar-refractivity contribution in [3.05, 3.63) is 65.2 Å². The first kappa shape index (κ1) is 25.5. The fraction of sp³-hybridized carbons (Fsp3) is 0.304. The number of aromatic nitrogens is 2. The Labute approximate surface area is 204 Å². The fourth-order valence-corrected chi connectivity index (χ4v) is 4.62. The quantitative estimate of drug-likeness (QED) is 0.452. The van der Waals surface area contributed by atoms with E-state index < -0.39 is 50.9 Å². The highest BCUT2D eigenvalue weighted by molar-refractivity contribution is 7.90. The molecule has 1 aliphatic heterocycles. The number of sulfone groups is 1. The van der Waals surface area contributed by atoms with Crippen molar-refractivity contribution in [1.82, 2.24) is 14.7 Å². The van der Waals surface area contributed by atoms with Crippen molar-refractivity contribution >= 4 is 15.7 Å². The zero-order valence-electron chi connectivity index (χ0n) is 19.3. The van der Waals surface area contributed by atoms with Gasteiger partial charge in [0, 0.05) is 24.6 Å². The van der Waals surface area contributed by atoms with Crippen molar-refractivity contribution < 1.29 is 40.2 Å². The van der Waals surface area contributed by atoms with Crippen LogP contribution >= 0.6 is 0 Å². The Kier molecular flexibility index (Phi) is 6.45. The number of hydrogen-bond donors (Lipinski definition) is 0. The summed E-state index contributed by atoms with van der Waals surface area (Å²) in [4.78, 5) is 14.5. The summed E-state index contributed by atoms with van der Waals surface area (Å²) in [5, 5.41) is 4.41. The van der Waals surface area contributed by atoms with E-state index in [0.717, 1.165) is 32.4 Å². The molecule has 0 radical (unpaired) electrons. The summed E-state index contributed by atoms with van der Waals surface area (Å²) in [5.74, 6) is -2.06. The molecule has 0 bridgehead atoms. The maximum atomic E-state index is 13.5. The van der Waals surface area contributed by atoms with E-state index in [9.17, 15) is 30.8 Å². The number of rotatable bonds is 6. The molecule has 0 N–H and O–H groups in total. The molecule has 1 aliphatic rings. The molecule has 0 saturated carbocycles. The molecular formula is C23H21F4N3O5S. The first-order valence-electron chi connectivity index (χ1n) is 10.6. The lowest BCUT2D eigenvalue weighted by Crippen LogP contribution is -2.33. The van der Waals surface area contributed by atoms with E-state index in [0.29, 0.717) is 16.9 Å². The third kappa shape index (κ3) is 4.87. The van der Waals surface area contributed by atoms with Crippen LogP contribution in [0.4, 0.5) is 17.6 Å². The lowest BCUT2D eigenvalue weighted by atomic mass is 10.1. The van der Waals surface area contributed by atoms with Gasteiger partial charge < -0.3 is 14.4 Å². The molecule has 1 amide bonds. The summed E-state index contributed by atoms with van der Waals surface area (Å²) in [6.07, 6.45) is -4.45. The van der Waals surface area contributed by atoms with Crippen molar-refractivity contribution in [2.45, 2.75) is 37.2 Å². The number of ether oxygens (including phenoxy) is 2. The van der Waals surface area contributed by atoms with Crippen LogP contribution in [0.15, 0.2) is 47.5 Å². The molecule has 36 heavy (non-hydrogen) atoms. The zero-order valence-corrected chi connectivity index (χ0v) is 20.2. The van der Waals surface area contributed by atoms with Gasteiger partial charge in [0.25, 0.3) is 5.91 Å². The van der Waals surface area contributed by atoms with Gasteiger partial charge in [-0.3, -0.25) is 4.79 Å². The minimum Gasteiger partial charge on any atom is -0.494 e. The summed E-state index contributed by atoms with van der Waals surface area (Å²) in [6.45, 7) is 0.827. The van der Waals surface area contributed by atoms with Crippen LogP contribution in [0.25, 0.3) is 5.69 Å². The van der Waals surface area contributed by atoms with Gasteiger partial charge in [0.2, 0.25) is 0 Å². The average molecular weight is 527 g/mol. The summed E-state index contributed by atoms with van der Waals surface area (Å²) >= 11 is 0. The van der Waals surface area contributed by atoms with Gasteiger partial charge in [0.15, 0.2) is 21.7 Å². The third-order valence-corrected chi connectivity index (χ3v) is 6.74. The minimum absolute atomic E-state index is 0.00286. The lowest BCUT2D eigenvalue weighted by molar-refractivity contribution is -0.189. The molecule has 0 saturated heterocycles. The molecule has 2 aromatic carbocycles. The van der Waals surface area contributed by atoms with Gasteiger partial charge in [-0.15, -0.1) is 0 Å². The Balaban J connectivity index is 1.69. The number of carbonyl (C=O) groups is 1. The number of benzene rings is 2. The SMILES string of the molecule is COc1c(S(C)(=O)=O)ccc(OC(C)C(F)(F)F)c1C(=O)N1Cc2cn(-c3ccc(F)cc3)nc2C1. The molecule has 0 fully saturated rings. The highest BCUT2D eigenvalue weighted by Gasteiger charge is 2.40. The van der Waals surface area contributed by atoms with Gasteiger partial charge >= 0.3 is 6.18 Å². The molecule has 2 heterocycles. The van der Waals surface area contributed by atoms with Crippen molar-refractivity contribution in [2.24, 2.45) is 0 Å². The van der Waals surface area contributed by atoms with Gasteiger partial charge in [-0.05, 0) is 43.3 Å².